The Bertz CT molecular complexity index is 1260. The molecule has 0 spiro atoms. The molecule has 228 valence electrons. The number of carboxylic acid groups (broad SMARTS) is 2. The van der Waals surface area contributed by atoms with E-state index in [-0.39, 0.29) is 11.7 Å². The predicted octanol–water partition coefficient (Wildman–Crippen LogP) is 1.57. The number of carbonyl (C=O) groups is 2. The fourth-order valence-corrected chi connectivity index (χ4v) is 3.29. The SMILES string of the molecule is CC(C)(Oc1cccc(OCCCOc2cccc(OS(C)(=O)=O)c2)c1)C(=O)O.NC(N)=NCCC[C@H](N)C(=O)O. The molecule has 1 atom stereocenters. The molecule has 0 unspecified atom stereocenters. The highest BCUT2D eigenvalue weighted by molar-refractivity contribution is 7.86. The van der Waals surface area contributed by atoms with E-state index in [0.29, 0.717) is 56.3 Å². The molecule has 0 bridgehead atoms. The van der Waals surface area contributed by atoms with Gasteiger partial charge in [-0.05, 0) is 51.0 Å². The van der Waals surface area contributed by atoms with Gasteiger partial charge in [0.2, 0.25) is 0 Å². The van der Waals surface area contributed by atoms with E-state index in [9.17, 15) is 18.0 Å². The third-order valence-electron chi connectivity index (χ3n) is 4.86. The van der Waals surface area contributed by atoms with E-state index < -0.39 is 33.7 Å². The summed E-state index contributed by atoms with van der Waals surface area (Å²) in [4.78, 5) is 25.0. The van der Waals surface area contributed by atoms with Crippen molar-refractivity contribution < 1.29 is 46.6 Å². The fraction of sp³-hybridized carbons (Fsp3) is 0.423. The fourth-order valence-electron chi connectivity index (χ4n) is 2.84. The van der Waals surface area contributed by atoms with E-state index in [1.54, 1.807) is 36.4 Å². The molecular formula is C26H38N4O10S. The van der Waals surface area contributed by atoms with Gasteiger partial charge in [0.05, 0.1) is 19.5 Å². The molecule has 0 aliphatic carbocycles. The highest BCUT2D eigenvalue weighted by atomic mass is 32.2. The summed E-state index contributed by atoms with van der Waals surface area (Å²) in [7, 11) is -3.59. The molecule has 0 radical (unpaired) electrons. The lowest BCUT2D eigenvalue weighted by Gasteiger charge is -2.21. The van der Waals surface area contributed by atoms with Crippen LogP contribution >= 0.6 is 0 Å². The zero-order valence-electron chi connectivity index (χ0n) is 23.2. The van der Waals surface area contributed by atoms with Crippen LogP contribution in [-0.4, -0.2) is 74.2 Å². The van der Waals surface area contributed by atoms with Gasteiger partial charge in [0.15, 0.2) is 11.6 Å². The Morgan fingerprint density at radius 3 is 1.93 bits per heavy atom. The number of hydrogen-bond donors (Lipinski definition) is 5. The predicted molar refractivity (Wildman–Crippen MR) is 152 cm³/mol. The van der Waals surface area contributed by atoms with Crippen molar-refractivity contribution in [3.63, 3.8) is 0 Å². The quantitative estimate of drug-likeness (QED) is 0.0799. The summed E-state index contributed by atoms with van der Waals surface area (Å²) in [6.45, 7) is 4.07. The largest absolute Gasteiger partial charge is 0.493 e. The summed E-state index contributed by atoms with van der Waals surface area (Å²) in [5, 5.41) is 17.5. The van der Waals surface area contributed by atoms with E-state index in [1.807, 2.05) is 0 Å². The molecule has 15 heteroatoms. The second-order valence-corrected chi connectivity index (χ2v) is 10.7. The van der Waals surface area contributed by atoms with Crippen molar-refractivity contribution in [2.75, 3.05) is 26.0 Å². The van der Waals surface area contributed by atoms with Gasteiger partial charge in [0.25, 0.3) is 0 Å². The lowest BCUT2D eigenvalue weighted by molar-refractivity contribution is -0.152. The first-order valence-electron chi connectivity index (χ1n) is 12.4. The minimum absolute atomic E-state index is 0.0129. The van der Waals surface area contributed by atoms with Crippen LogP contribution in [-0.2, 0) is 19.7 Å². The molecular weight excluding hydrogens is 560 g/mol. The van der Waals surface area contributed by atoms with E-state index in [1.165, 1.54) is 26.0 Å². The standard InChI is InChI=1S/C20H24O8S.C6H14N4O2/c1-20(2,19(21)22)27-17-9-4-7-15(13-17)25-11-6-12-26-16-8-5-10-18(14-16)28-29(3,23)24;7-4(5(11)12)2-1-3-10-6(8)9/h4-5,7-10,13-14H,6,11-12H2,1-3H3,(H,21,22);4H,1-3,7H2,(H,11,12)(H4,8,9,10)/t;4-/m.0/s1. The molecule has 0 aromatic heterocycles. The molecule has 0 heterocycles. The van der Waals surface area contributed by atoms with Crippen molar-refractivity contribution in [3.8, 4) is 23.0 Å². The van der Waals surface area contributed by atoms with Crippen LogP contribution in [0.2, 0.25) is 0 Å². The maximum atomic E-state index is 11.2. The van der Waals surface area contributed by atoms with Crippen LogP contribution < -0.4 is 35.6 Å². The highest BCUT2D eigenvalue weighted by Crippen LogP contribution is 2.24. The molecule has 0 fully saturated rings. The van der Waals surface area contributed by atoms with Crippen molar-refractivity contribution in [3.05, 3.63) is 48.5 Å². The number of carboxylic acids is 2. The molecule has 2 rings (SSSR count). The molecule has 0 aliphatic rings. The molecule has 2 aromatic carbocycles. The van der Waals surface area contributed by atoms with Gasteiger partial charge in [0, 0.05) is 25.1 Å². The number of hydrogen-bond acceptors (Lipinski definition) is 10. The summed E-state index contributed by atoms with van der Waals surface area (Å²) in [6.07, 6.45) is 2.50. The van der Waals surface area contributed by atoms with E-state index in [2.05, 4.69) is 4.99 Å². The second-order valence-electron chi connectivity index (χ2n) is 9.10. The van der Waals surface area contributed by atoms with Crippen LogP contribution in [0, 0.1) is 0 Å². The Kier molecular flexibility index (Phi) is 14.2. The maximum absolute atomic E-state index is 11.2. The first kappa shape index (κ1) is 34.8. The number of nitrogens with two attached hydrogens (primary N) is 3. The molecule has 2 aromatic rings. The zero-order valence-corrected chi connectivity index (χ0v) is 24.0. The molecule has 14 nitrogen and oxygen atoms in total. The summed E-state index contributed by atoms with van der Waals surface area (Å²) >= 11 is 0. The van der Waals surface area contributed by atoms with E-state index in [0.717, 1.165) is 6.26 Å². The number of aliphatic carboxylic acids is 2. The Balaban J connectivity index is 0.000000590. The van der Waals surface area contributed by atoms with Gasteiger partial charge in [-0.25, -0.2) is 4.79 Å². The third-order valence-corrected chi connectivity index (χ3v) is 5.35. The van der Waals surface area contributed by atoms with Crippen LogP contribution in [0.25, 0.3) is 0 Å². The number of rotatable bonds is 16. The molecule has 8 N–H and O–H groups in total. The highest BCUT2D eigenvalue weighted by Gasteiger charge is 2.29. The zero-order chi connectivity index (χ0) is 31.1. The third kappa shape index (κ3) is 15.8. The normalized spacial score (nSPS) is 11.7. The maximum Gasteiger partial charge on any atom is 0.347 e. The average molecular weight is 599 g/mol. The molecule has 41 heavy (non-hydrogen) atoms. The summed E-state index contributed by atoms with van der Waals surface area (Å²) in [5.41, 5.74) is 14.0. The van der Waals surface area contributed by atoms with E-state index >= 15 is 0 Å². The Morgan fingerprint density at radius 2 is 1.44 bits per heavy atom. The number of benzene rings is 2. The molecule has 0 amide bonds. The van der Waals surface area contributed by atoms with Crippen LogP contribution in [0.4, 0.5) is 0 Å². The minimum Gasteiger partial charge on any atom is -0.493 e. The number of guanidine groups is 1. The van der Waals surface area contributed by atoms with Gasteiger partial charge in [-0.15, -0.1) is 0 Å². The van der Waals surface area contributed by atoms with Crippen molar-refractivity contribution in [2.24, 2.45) is 22.2 Å². The van der Waals surface area contributed by atoms with Crippen molar-refractivity contribution in [1.82, 2.24) is 0 Å². The van der Waals surface area contributed by atoms with Gasteiger partial charge in [-0.1, -0.05) is 12.1 Å². The Labute approximate surface area is 239 Å². The Morgan fingerprint density at radius 1 is 0.927 bits per heavy atom. The van der Waals surface area contributed by atoms with Crippen LogP contribution in [0.3, 0.4) is 0 Å². The van der Waals surface area contributed by atoms with Crippen molar-refractivity contribution in [2.45, 2.75) is 44.8 Å². The number of ether oxygens (including phenoxy) is 3. The minimum atomic E-state index is -3.59. The first-order valence-corrected chi connectivity index (χ1v) is 14.2. The molecule has 0 aliphatic heterocycles. The van der Waals surface area contributed by atoms with Crippen LogP contribution in [0.15, 0.2) is 53.5 Å². The number of aliphatic imine (C=N–C) groups is 1. The van der Waals surface area contributed by atoms with E-state index in [4.69, 9.17) is 45.8 Å². The lowest BCUT2D eigenvalue weighted by atomic mass is 10.1. The Hall–Kier alpha value is -4.24. The van der Waals surface area contributed by atoms with Crippen molar-refractivity contribution in [1.29, 1.82) is 0 Å². The first-order chi connectivity index (χ1) is 19.1. The molecule has 0 saturated heterocycles. The van der Waals surface area contributed by atoms with Gasteiger partial charge in [0.1, 0.15) is 29.0 Å². The topological polar surface area (TPSA) is 236 Å². The molecule has 0 saturated carbocycles. The summed E-state index contributed by atoms with van der Waals surface area (Å²) < 4.78 is 43.8. The number of nitrogens with zero attached hydrogens (tertiary/aromatic N) is 1. The van der Waals surface area contributed by atoms with Gasteiger partial charge in [-0.2, -0.15) is 8.42 Å². The van der Waals surface area contributed by atoms with Crippen molar-refractivity contribution >= 4 is 28.0 Å². The smallest absolute Gasteiger partial charge is 0.347 e. The second kappa shape index (κ2) is 16.8. The van der Waals surface area contributed by atoms with Gasteiger partial charge in [-0.3, -0.25) is 9.79 Å². The average Bonchev–Trinajstić information content (AvgIpc) is 2.85. The van der Waals surface area contributed by atoms with Crippen LogP contribution in [0.5, 0.6) is 23.0 Å². The van der Waals surface area contributed by atoms with Gasteiger partial charge >= 0.3 is 22.1 Å². The van der Waals surface area contributed by atoms with Crippen LogP contribution in [0.1, 0.15) is 33.1 Å². The summed E-state index contributed by atoms with van der Waals surface area (Å²) in [6, 6.07) is 12.3. The monoisotopic (exact) mass is 598 g/mol. The lowest BCUT2D eigenvalue weighted by Crippen LogP contribution is -2.37. The summed E-state index contributed by atoms with van der Waals surface area (Å²) in [5.74, 6) is -0.438. The van der Waals surface area contributed by atoms with Gasteiger partial charge < -0.3 is 45.8 Å².